The Hall–Kier alpha value is -3.54. The fourth-order valence-electron chi connectivity index (χ4n) is 3.87. The largest absolute Gasteiger partial charge is 0.495 e. The summed E-state index contributed by atoms with van der Waals surface area (Å²) in [5.74, 6) is -0.291. The number of hydrogen-bond donors (Lipinski definition) is 1. The molecule has 36 heavy (non-hydrogen) atoms. The van der Waals surface area contributed by atoms with Gasteiger partial charge in [0, 0.05) is 10.2 Å². The Labute approximate surface area is 223 Å². The van der Waals surface area contributed by atoms with Crippen LogP contribution in [0.5, 0.6) is 5.75 Å². The average Bonchev–Trinajstić information content (AvgIpc) is 3.21. The van der Waals surface area contributed by atoms with E-state index in [9.17, 15) is 14.9 Å². The third-order valence-electron chi connectivity index (χ3n) is 5.80. The third-order valence-corrected chi connectivity index (χ3v) is 7.59. The maximum atomic E-state index is 13.6. The number of benzene rings is 3. The molecule has 1 aliphatic heterocycles. The maximum absolute atomic E-state index is 13.6. The van der Waals surface area contributed by atoms with Crippen LogP contribution >= 0.6 is 27.7 Å². The molecule has 2 amide bonds. The van der Waals surface area contributed by atoms with Gasteiger partial charge < -0.3 is 10.1 Å². The van der Waals surface area contributed by atoms with Gasteiger partial charge in [-0.05, 0) is 60.4 Å². The Kier molecular flexibility index (Phi) is 8.14. The van der Waals surface area contributed by atoms with Crippen LogP contribution in [0.4, 0.5) is 11.4 Å². The van der Waals surface area contributed by atoms with Crippen molar-refractivity contribution >= 4 is 50.9 Å². The minimum Gasteiger partial charge on any atom is -0.495 e. The summed E-state index contributed by atoms with van der Waals surface area (Å²) in [6, 6.07) is 24.4. The molecule has 1 N–H and O–H groups in total. The minimum atomic E-state index is -0.600. The standard InChI is InChI=1S/C28H24BrN3O3S/c1-3-18-10-14-21(15-11-18)32-27(34)25(16-19-8-12-20(29)13-9-19)36-28(32)22(17-30)26(33)31-23-6-4-5-7-24(23)35-2/h4-15,25H,3,16H2,1-2H3,(H,31,33)/b28-22-. The van der Waals surface area contributed by atoms with Crippen LogP contribution in [0, 0.1) is 11.3 Å². The SMILES string of the molecule is CCc1ccc(N2C(=O)C(Cc3ccc(Br)cc3)S/C2=C(/C#N)C(=O)Nc2ccccc2OC)cc1. The third kappa shape index (κ3) is 5.48. The second-order valence-electron chi connectivity index (χ2n) is 8.08. The van der Waals surface area contributed by atoms with Crippen molar-refractivity contribution in [2.45, 2.75) is 25.0 Å². The molecule has 182 valence electrons. The molecule has 1 aliphatic rings. The summed E-state index contributed by atoms with van der Waals surface area (Å²) in [4.78, 5) is 28.4. The summed E-state index contributed by atoms with van der Waals surface area (Å²) in [6.45, 7) is 2.06. The number of nitrogens with zero attached hydrogens (tertiary/aromatic N) is 2. The van der Waals surface area contributed by atoms with Crippen molar-refractivity contribution < 1.29 is 14.3 Å². The fraction of sp³-hybridized carbons (Fsp3) is 0.179. The highest BCUT2D eigenvalue weighted by atomic mass is 79.9. The molecule has 1 saturated heterocycles. The molecular formula is C28H24BrN3O3S. The quantitative estimate of drug-likeness (QED) is 0.279. The normalized spacial score (nSPS) is 16.4. The van der Waals surface area contributed by atoms with Crippen LogP contribution in [0.1, 0.15) is 18.1 Å². The predicted molar refractivity (Wildman–Crippen MR) is 147 cm³/mol. The minimum absolute atomic E-state index is 0.128. The molecule has 4 rings (SSSR count). The number of ether oxygens (including phenoxy) is 1. The number of thioether (sulfide) groups is 1. The lowest BCUT2D eigenvalue weighted by Crippen LogP contribution is -2.31. The van der Waals surface area contributed by atoms with Crippen molar-refractivity contribution in [3.63, 3.8) is 0 Å². The van der Waals surface area contributed by atoms with E-state index in [2.05, 4.69) is 28.2 Å². The molecule has 1 heterocycles. The van der Waals surface area contributed by atoms with Gasteiger partial charge in [0.1, 0.15) is 22.4 Å². The number of carbonyl (C=O) groups is 2. The van der Waals surface area contributed by atoms with Gasteiger partial charge >= 0.3 is 0 Å². The highest BCUT2D eigenvalue weighted by Gasteiger charge is 2.40. The van der Waals surface area contributed by atoms with Crippen LogP contribution in [-0.4, -0.2) is 24.2 Å². The second kappa shape index (κ2) is 11.5. The number of rotatable bonds is 7. The lowest BCUT2D eigenvalue weighted by atomic mass is 10.1. The zero-order valence-electron chi connectivity index (χ0n) is 19.8. The van der Waals surface area contributed by atoms with Crippen LogP contribution in [0.15, 0.2) is 87.9 Å². The van der Waals surface area contributed by atoms with Gasteiger partial charge in [-0.15, -0.1) is 0 Å². The topological polar surface area (TPSA) is 82.4 Å². The number of para-hydroxylation sites is 2. The lowest BCUT2D eigenvalue weighted by Gasteiger charge is -2.19. The first-order valence-corrected chi connectivity index (χ1v) is 13.0. The Balaban J connectivity index is 1.73. The van der Waals surface area contributed by atoms with E-state index >= 15 is 0 Å². The molecule has 0 bridgehead atoms. The molecule has 0 saturated carbocycles. The van der Waals surface area contributed by atoms with Gasteiger partial charge in [0.25, 0.3) is 5.91 Å². The summed E-state index contributed by atoms with van der Waals surface area (Å²) in [5.41, 5.74) is 3.05. The number of anilines is 2. The van der Waals surface area contributed by atoms with Gasteiger partial charge in [-0.1, -0.05) is 71.0 Å². The number of methoxy groups -OCH3 is 1. The molecule has 1 atom stereocenters. The summed E-state index contributed by atoms with van der Waals surface area (Å²) < 4.78 is 6.27. The first-order valence-electron chi connectivity index (χ1n) is 11.4. The molecule has 0 radical (unpaired) electrons. The molecule has 0 aromatic heterocycles. The summed E-state index contributed by atoms with van der Waals surface area (Å²) in [5, 5.41) is 12.7. The molecule has 1 unspecified atom stereocenters. The molecule has 6 nitrogen and oxygen atoms in total. The smallest absolute Gasteiger partial charge is 0.269 e. The molecule has 0 spiro atoms. The van der Waals surface area contributed by atoms with Gasteiger partial charge in [0.15, 0.2) is 0 Å². The number of nitriles is 1. The molecule has 3 aromatic carbocycles. The summed E-state index contributed by atoms with van der Waals surface area (Å²) >= 11 is 4.68. The Morgan fingerprint density at radius 3 is 2.39 bits per heavy atom. The second-order valence-corrected chi connectivity index (χ2v) is 10.2. The lowest BCUT2D eigenvalue weighted by molar-refractivity contribution is -0.117. The van der Waals surface area contributed by atoms with Gasteiger partial charge in [-0.25, -0.2) is 0 Å². The zero-order valence-corrected chi connectivity index (χ0v) is 22.2. The monoisotopic (exact) mass is 561 g/mol. The number of amides is 2. The molecule has 8 heteroatoms. The van der Waals surface area contributed by atoms with Crippen LogP contribution in [0.25, 0.3) is 0 Å². The van der Waals surface area contributed by atoms with E-state index in [1.807, 2.05) is 54.6 Å². The Bertz CT molecular complexity index is 1350. The Morgan fingerprint density at radius 1 is 1.08 bits per heavy atom. The fourth-order valence-corrected chi connectivity index (χ4v) is 5.44. The number of hydrogen-bond acceptors (Lipinski definition) is 5. The van der Waals surface area contributed by atoms with Gasteiger partial charge in [-0.3, -0.25) is 14.5 Å². The molecule has 1 fully saturated rings. The molecule has 3 aromatic rings. The average molecular weight is 562 g/mol. The predicted octanol–water partition coefficient (Wildman–Crippen LogP) is 6.09. The number of halogens is 1. The van der Waals surface area contributed by atoms with Gasteiger partial charge in [-0.2, -0.15) is 5.26 Å². The van der Waals surface area contributed by atoms with E-state index < -0.39 is 11.2 Å². The van der Waals surface area contributed by atoms with Crippen molar-refractivity contribution in [3.8, 4) is 11.8 Å². The van der Waals surface area contributed by atoms with E-state index in [1.165, 1.54) is 23.8 Å². The van der Waals surface area contributed by atoms with Crippen LogP contribution in [0.2, 0.25) is 0 Å². The highest BCUT2D eigenvalue weighted by molar-refractivity contribution is 9.10. The van der Waals surface area contributed by atoms with E-state index in [0.717, 1.165) is 22.0 Å². The first-order chi connectivity index (χ1) is 17.4. The first kappa shape index (κ1) is 25.5. The zero-order chi connectivity index (χ0) is 25.7. The van der Waals surface area contributed by atoms with Crippen molar-refractivity contribution in [2.24, 2.45) is 0 Å². The van der Waals surface area contributed by atoms with Crippen molar-refractivity contribution in [3.05, 3.63) is 99.0 Å². The summed E-state index contributed by atoms with van der Waals surface area (Å²) in [6.07, 6.45) is 1.33. The van der Waals surface area contributed by atoms with E-state index in [1.54, 1.807) is 24.3 Å². The Morgan fingerprint density at radius 2 is 1.75 bits per heavy atom. The van der Waals surface area contributed by atoms with Gasteiger partial charge in [0.05, 0.1) is 18.0 Å². The van der Waals surface area contributed by atoms with Crippen LogP contribution in [-0.2, 0) is 22.4 Å². The number of aryl methyl sites for hydroxylation is 1. The van der Waals surface area contributed by atoms with E-state index in [0.29, 0.717) is 28.6 Å². The van der Waals surface area contributed by atoms with E-state index in [-0.39, 0.29) is 11.5 Å². The van der Waals surface area contributed by atoms with E-state index in [4.69, 9.17) is 4.74 Å². The van der Waals surface area contributed by atoms with Crippen LogP contribution in [0.3, 0.4) is 0 Å². The van der Waals surface area contributed by atoms with Crippen molar-refractivity contribution in [1.82, 2.24) is 0 Å². The molecular weight excluding hydrogens is 538 g/mol. The van der Waals surface area contributed by atoms with Crippen LogP contribution < -0.4 is 15.0 Å². The molecule has 0 aliphatic carbocycles. The number of nitrogens with one attached hydrogen (secondary N) is 1. The van der Waals surface area contributed by atoms with Gasteiger partial charge in [0.2, 0.25) is 5.91 Å². The number of carbonyl (C=O) groups excluding carboxylic acids is 2. The highest BCUT2D eigenvalue weighted by Crippen LogP contribution is 2.42. The van der Waals surface area contributed by atoms with Crippen molar-refractivity contribution in [1.29, 1.82) is 5.26 Å². The summed E-state index contributed by atoms with van der Waals surface area (Å²) in [7, 11) is 1.51. The van der Waals surface area contributed by atoms with Crippen molar-refractivity contribution in [2.75, 3.05) is 17.3 Å². The maximum Gasteiger partial charge on any atom is 0.269 e.